The van der Waals surface area contributed by atoms with Crippen LogP contribution in [0.15, 0.2) is 54.6 Å². The lowest BCUT2D eigenvalue weighted by Gasteiger charge is -2.39. The lowest BCUT2D eigenvalue weighted by molar-refractivity contribution is -0.135. The highest BCUT2D eigenvalue weighted by molar-refractivity contribution is 5.74. The third kappa shape index (κ3) is 3.48. The van der Waals surface area contributed by atoms with Crippen molar-refractivity contribution in [2.45, 2.75) is 32.9 Å². The number of anilines is 1. The number of hydrogen-bond acceptors (Lipinski definition) is 2. The number of amides is 1. The standard InChI is InChI=1S/C19H24N2O/c1-15(22)21(14-16-8-6-5-7-9-16)19(2,3)17-10-12-18(20-4)13-11-17/h5-13,20H,14H2,1-4H3. The Morgan fingerprint density at radius 2 is 1.64 bits per heavy atom. The predicted molar refractivity (Wildman–Crippen MR) is 91.7 cm³/mol. The fourth-order valence-electron chi connectivity index (χ4n) is 2.67. The Balaban J connectivity index is 2.30. The van der Waals surface area contributed by atoms with E-state index in [2.05, 4.69) is 43.4 Å². The summed E-state index contributed by atoms with van der Waals surface area (Å²) in [5, 5.41) is 3.12. The molecule has 0 aromatic heterocycles. The Hall–Kier alpha value is -2.29. The van der Waals surface area contributed by atoms with Crippen molar-refractivity contribution in [1.29, 1.82) is 0 Å². The van der Waals surface area contributed by atoms with Gasteiger partial charge in [-0.05, 0) is 37.1 Å². The van der Waals surface area contributed by atoms with Crippen LogP contribution in [0.25, 0.3) is 0 Å². The smallest absolute Gasteiger partial charge is 0.220 e. The van der Waals surface area contributed by atoms with Crippen LogP contribution in [0.4, 0.5) is 5.69 Å². The molecule has 0 heterocycles. The third-order valence-corrected chi connectivity index (χ3v) is 4.12. The van der Waals surface area contributed by atoms with E-state index in [4.69, 9.17) is 0 Å². The first-order valence-corrected chi connectivity index (χ1v) is 7.55. The topological polar surface area (TPSA) is 32.3 Å². The molecule has 0 radical (unpaired) electrons. The Bertz CT molecular complexity index is 618. The van der Waals surface area contributed by atoms with Gasteiger partial charge in [0, 0.05) is 26.2 Å². The van der Waals surface area contributed by atoms with Gasteiger partial charge in [-0.25, -0.2) is 0 Å². The molecule has 0 saturated heterocycles. The summed E-state index contributed by atoms with van der Waals surface area (Å²) in [6, 6.07) is 18.3. The zero-order chi connectivity index (χ0) is 16.2. The van der Waals surface area contributed by atoms with Gasteiger partial charge in [0.15, 0.2) is 0 Å². The van der Waals surface area contributed by atoms with Gasteiger partial charge in [0.1, 0.15) is 0 Å². The van der Waals surface area contributed by atoms with E-state index in [0.29, 0.717) is 6.54 Å². The molecular weight excluding hydrogens is 272 g/mol. The molecule has 0 bridgehead atoms. The minimum atomic E-state index is -0.367. The molecule has 3 heteroatoms. The van der Waals surface area contributed by atoms with Crippen LogP contribution in [-0.4, -0.2) is 17.9 Å². The molecule has 22 heavy (non-hydrogen) atoms. The second-order valence-corrected chi connectivity index (χ2v) is 5.98. The Labute approximate surface area is 133 Å². The second kappa shape index (κ2) is 6.65. The normalized spacial score (nSPS) is 11.1. The van der Waals surface area contributed by atoms with Crippen LogP contribution < -0.4 is 5.32 Å². The molecule has 0 fully saturated rings. The summed E-state index contributed by atoms with van der Waals surface area (Å²) in [5.41, 5.74) is 2.96. The fourth-order valence-corrected chi connectivity index (χ4v) is 2.67. The van der Waals surface area contributed by atoms with Gasteiger partial charge in [-0.15, -0.1) is 0 Å². The summed E-state index contributed by atoms with van der Waals surface area (Å²) in [4.78, 5) is 14.1. The Morgan fingerprint density at radius 1 is 1.05 bits per heavy atom. The van der Waals surface area contributed by atoms with E-state index < -0.39 is 0 Å². The number of carbonyl (C=O) groups excluding carboxylic acids is 1. The summed E-state index contributed by atoms with van der Waals surface area (Å²) < 4.78 is 0. The van der Waals surface area contributed by atoms with Crippen LogP contribution in [0.1, 0.15) is 31.9 Å². The van der Waals surface area contributed by atoms with Gasteiger partial charge in [-0.3, -0.25) is 4.79 Å². The monoisotopic (exact) mass is 296 g/mol. The second-order valence-electron chi connectivity index (χ2n) is 5.98. The lowest BCUT2D eigenvalue weighted by Crippen LogP contribution is -2.44. The highest BCUT2D eigenvalue weighted by atomic mass is 16.2. The van der Waals surface area contributed by atoms with Crippen LogP contribution >= 0.6 is 0 Å². The van der Waals surface area contributed by atoms with Crippen molar-refractivity contribution >= 4 is 11.6 Å². The maximum absolute atomic E-state index is 12.2. The fraction of sp³-hybridized carbons (Fsp3) is 0.316. The van der Waals surface area contributed by atoms with Gasteiger partial charge in [0.05, 0.1) is 5.54 Å². The van der Waals surface area contributed by atoms with Gasteiger partial charge >= 0.3 is 0 Å². The zero-order valence-electron chi connectivity index (χ0n) is 13.8. The van der Waals surface area contributed by atoms with Crippen LogP contribution in [0.5, 0.6) is 0 Å². The summed E-state index contributed by atoms with van der Waals surface area (Å²) in [6.07, 6.45) is 0. The molecule has 2 rings (SSSR count). The predicted octanol–water partition coefficient (Wildman–Crippen LogP) is 4.01. The molecule has 0 aliphatic carbocycles. The number of nitrogens with zero attached hydrogens (tertiary/aromatic N) is 1. The van der Waals surface area contributed by atoms with Crippen LogP contribution in [0.2, 0.25) is 0 Å². The van der Waals surface area contributed by atoms with Crippen molar-refractivity contribution < 1.29 is 4.79 Å². The van der Waals surface area contributed by atoms with E-state index in [1.165, 1.54) is 0 Å². The minimum absolute atomic E-state index is 0.0755. The Kier molecular flexibility index (Phi) is 4.86. The molecule has 0 unspecified atom stereocenters. The van der Waals surface area contributed by atoms with E-state index >= 15 is 0 Å². The number of hydrogen-bond donors (Lipinski definition) is 1. The molecule has 0 saturated carbocycles. The maximum Gasteiger partial charge on any atom is 0.220 e. The van der Waals surface area contributed by atoms with Gasteiger partial charge < -0.3 is 10.2 Å². The number of rotatable bonds is 5. The quantitative estimate of drug-likeness (QED) is 0.904. The molecule has 2 aromatic carbocycles. The highest BCUT2D eigenvalue weighted by Gasteiger charge is 2.30. The van der Waals surface area contributed by atoms with Crippen LogP contribution in [-0.2, 0) is 16.9 Å². The van der Waals surface area contributed by atoms with Gasteiger partial charge in [0.25, 0.3) is 0 Å². The SMILES string of the molecule is CNc1ccc(C(C)(C)N(Cc2ccccc2)C(C)=O)cc1. The molecule has 2 aromatic rings. The molecule has 1 N–H and O–H groups in total. The zero-order valence-corrected chi connectivity index (χ0v) is 13.8. The first-order chi connectivity index (χ1) is 10.4. The van der Waals surface area contributed by atoms with Crippen molar-refractivity contribution in [2.75, 3.05) is 12.4 Å². The van der Waals surface area contributed by atoms with Crippen molar-refractivity contribution in [2.24, 2.45) is 0 Å². The first-order valence-electron chi connectivity index (χ1n) is 7.55. The van der Waals surface area contributed by atoms with E-state index in [0.717, 1.165) is 16.8 Å². The number of nitrogens with one attached hydrogen (secondary N) is 1. The van der Waals surface area contributed by atoms with Gasteiger partial charge in [0.2, 0.25) is 5.91 Å². The molecule has 0 aliphatic rings. The first kappa shape index (κ1) is 16.1. The van der Waals surface area contributed by atoms with E-state index in [-0.39, 0.29) is 11.4 Å². The summed E-state index contributed by atoms with van der Waals surface area (Å²) in [6.45, 7) is 6.42. The Morgan fingerprint density at radius 3 is 2.14 bits per heavy atom. The molecule has 0 spiro atoms. The van der Waals surface area contributed by atoms with Gasteiger partial charge in [-0.2, -0.15) is 0 Å². The maximum atomic E-state index is 12.2. The molecule has 0 atom stereocenters. The largest absolute Gasteiger partial charge is 0.388 e. The molecule has 116 valence electrons. The molecule has 3 nitrogen and oxygen atoms in total. The number of benzene rings is 2. The average Bonchev–Trinajstić information content (AvgIpc) is 2.53. The van der Waals surface area contributed by atoms with Crippen LogP contribution in [0.3, 0.4) is 0 Å². The summed E-state index contributed by atoms with van der Waals surface area (Å²) in [7, 11) is 1.90. The van der Waals surface area contributed by atoms with Gasteiger partial charge in [-0.1, -0.05) is 42.5 Å². The third-order valence-electron chi connectivity index (χ3n) is 4.12. The van der Waals surface area contributed by atoms with E-state index in [9.17, 15) is 4.79 Å². The van der Waals surface area contributed by atoms with Crippen molar-refractivity contribution in [3.8, 4) is 0 Å². The van der Waals surface area contributed by atoms with E-state index in [1.54, 1.807) is 6.92 Å². The average molecular weight is 296 g/mol. The number of carbonyl (C=O) groups is 1. The van der Waals surface area contributed by atoms with E-state index in [1.807, 2.05) is 42.3 Å². The van der Waals surface area contributed by atoms with Crippen molar-refractivity contribution in [3.63, 3.8) is 0 Å². The highest BCUT2D eigenvalue weighted by Crippen LogP contribution is 2.30. The molecule has 0 aliphatic heterocycles. The molecule has 1 amide bonds. The summed E-state index contributed by atoms with van der Waals surface area (Å²) in [5.74, 6) is 0.0755. The summed E-state index contributed by atoms with van der Waals surface area (Å²) >= 11 is 0. The van der Waals surface area contributed by atoms with Crippen molar-refractivity contribution in [1.82, 2.24) is 4.90 Å². The lowest BCUT2D eigenvalue weighted by atomic mass is 9.91. The molecular formula is C19H24N2O. The minimum Gasteiger partial charge on any atom is -0.388 e. The van der Waals surface area contributed by atoms with Crippen LogP contribution in [0, 0.1) is 0 Å². The van der Waals surface area contributed by atoms with Crippen molar-refractivity contribution in [3.05, 3.63) is 65.7 Å².